The van der Waals surface area contributed by atoms with E-state index in [1.54, 1.807) is 26.8 Å². The van der Waals surface area contributed by atoms with Crippen LogP contribution in [0.15, 0.2) is 22.7 Å². The van der Waals surface area contributed by atoms with Crippen LogP contribution >= 0.6 is 15.9 Å². The van der Waals surface area contributed by atoms with Gasteiger partial charge in [-0.15, -0.1) is 0 Å². The van der Waals surface area contributed by atoms with E-state index in [-0.39, 0.29) is 19.0 Å². The van der Waals surface area contributed by atoms with Gasteiger partial charge in [0.05, 0.1) is 6.61 Å². The fourth-order valence-corrected chi connectivity index (χ4v) is 2.00. The van der Waals surface area contributed by atoms with Crippen LogP contribution in [0.2, 0.25) is 0 Å². The molecular formula is C15H19BrO4. The first-order chi connectivity index (χ1) is 9.28. The Morgan fingerprint density at radius 1 is 1.30 bits per heavy atom. The average Bonchev–Trinajstić information content (AvgIpc) is 2.37. The first-order valence-electron chi connectivity index (χ1n) is 6.38. The average molecular weight is 343 g/mol. The Balaban J connectivity index is 2.69. The van der Waals surface area contributed by atoms with E-state index in [0.717, 1.165) is 10.0 Å². The van der Waals surface area contributed by atoms with Crippen molar-refractivity contribution >= 4 is 27.7 Å². The molecule has 0 heterocycles. The zero-order valence-electron chi connectivity index (χ0n) is 12.2. The van der Waals surface area contributed by atoms with E-state index >= 15 is 0 Å². The van der Waals surface area contributed by atoms with Crippen LogP contribution in [0.3, 0.4) is 0 Å². The lowest BCUT2D eigenvalue weighted by Gasteiger charge is -2.21. The summed E-state index contributed by atoms with van der Waals surface area (Å²) in [7, 11) is 0. The molecule has 0 saturated heterocycles. The van der Waals surface area contributed by atoms with Gasteiger partial charge in [-0.1, -0.05) is 15.9 Å². The molecule has 5 heteroatoms. The summed E-state index contributed by atoms with van der Waals surface area (Å²) in [6, 6.07) is 5.52. The number of esters is 1. The van der Waals surface area contributed by atoms with E-state index in [1.807, 2.05) is 19.1 Å². The third-order valence-electron chi connectivity index (χ3n) is 2.98. The standard InChI is InChI=1S/C15H19BrO4/c1-5-19-14(18)15(3,4)13(17)9-20-12-7-6-11(16)8-10(12)2/h6-8H,5,9H2,1-4H3. The van der Waals surface area contributed by atoms with Crippen molar-refractivity contribution in [2.45, 2.75) is 27.7 Å². The minimum atomic E-state index is -1.20. The summed E-state index contributed by atoms with van der Waals surface area (Å²) >= 11 is 3.36. The summed E-state index contributed by atoms with van der Waals surface area (Å²) in [5.74, 6) is -0.208. The number of ether oxygens (including phenoxy) is 2. The van der Waals surface area contributed by atoms with Crippen molar-refractivity contribution in [2.75, 3.05) is 13.2 Å². The molecule has 1 aromatic rings. The number of ketones is 1. The molecule has 0 aromatic heterocycles. The number of rotatable bonds is 6. The number of Topliss-reactive ketones (excluding diaryl/α,β-unsaturated/α-hetero) is 1. The van der Waals surface area contributed by atoms with Gasteiger partial charge in [-0.25, -0.2) is 0 Å². The number of aryl methyl sites for hydroxylation is 1. The fraction of sp³-hybridized carbons (Fsp3) is 0.467. The summed E-state index contributed by atoms with van der Waals surface area (Å²) in [4.78, 5) is 23.8. The smallest absolute Gasteiger partial charge is 0.319 e. The molecule has 110 valence electrons. The molecule has 0 aliphatic heterocycles. The van der Waals surface area contributed by atoms with Crippen LogP contribution in [0, 0.1) is 12.3 Å². The predicted octanol–water partition coefficient (Wildman–Crippen LogP) is 3.29. The molecule has 0 unspecified atom stereocenters. The lowest BCUT2D eigenvalue weighted by molar-refractivity contribution is -0.158. The molecule has 0 radical (unpaired) electrons. The number of hydrogen-bond acceptors (Lipinski definition) is 4. The summed E-state index contributed by atoms with van der Waals surface area (Å²) in [5, 5.41) is 0. The van der Waals surface area contributed by atoms with E-state index in [9.17, 15) is 9.59 Å². The van der Waals surface area contributed by atoms with Crippen molar-refractivity contribution < 1.29 is 19.1 Å². The Kier molecular flexibility index (Phi) is 5.74. The summed E-state index contributed by atoms with van der Waals surface area (Å²) in [6.07, 6.45) is 0. The zero-order chi connectivity index (χ0) is 15.3. The maximum absolute atomic E-state index is 12.1. The monoisotopic (exact) mass is 342 g/mol. The second kappa shape index (κ2) is 6.88. The van der Waals surface area contributed by atoms with Gasteiger partial charge >= 0.3 is 5.97 Å². The highest BCUT2D eigenvalue weighted by atomic mass is 79.9. The molecule has 0 aliphatic rings. The topological polar surface area (TPSA) is 52.6 Å². The van der Waals surface area contributed by atoms with Crippen molar-refractivity contribution in [1.82, 2.24) is 0 Å². The Morgan fingerprint density at radius 3 is 2.50 bits per heavy atom. The Morgan fingerprint density at radius 2 is 1.95 bits per heavy atom. The minimum Gasteiger partial charge on any atom is -0.486 e. The maximum atomic E-state index is 12.1. The lowest BCUT2D eigenvalue weighted by atomic mass is 9.88. The van der Waals surface area contributed by atoms with E-state index in [1.165, 1.54) is 0 Å². The number of carbonyl (C=O) groups is 2. The Labute approximate surface area is 127 Å². The Bertz CT molecular complexity index is 509. The number of carbonyl (C=O) groups excluding carboxylic acids is 2. The maximum Gasteiger partial charge on any atom is 0.319 e. The van der Waals surface area contributed by atoms with Crippen molar-refractivity contribution in [1.29, 1.82) is 0 Å². The van der Waals surface area contributed by atoms with Gasteiger partial charge in [0.15, 0.2) is 5.78 Å². The molecule has 0 spiro atoms. The quantitative estimate of drug-likeness (QED) is 0.588. The van der Waals surface area contributed by atoms with E-state index in [2.05, 4.69) is 15.9 Å². The molecule has 4 nitrogen and oxygen atoms in total. The van der Waals surface area contributed by atoms with Crippen molar-refractivity contribution in [3.8, 4) is 5.75 Å². The molecular weight excluding hydrogens is 324 g/mol. The lowest BCUT2D eigenvalue weighted by Crippen LogP contribution is -2.38. The molecule has 1 aromatic carbocycles. The summed E-state index contributed by atoms with van der Waals surface area (Å²) in [6.45, 7) is 6.79. The van der Waals surface area contributed by atoms with Gasteiger partial charge in [-0.05, 0) is 51.5 Å². The van der Waals surface area contributed by atoms with Crippen molar-refractivity contribution in [3.63, 3.8) is 0 Å². The van der Waals surface area contributed by atoms with Gasteiger partial charge in [0.2, 0.25) is 0 Å². The minimum absolute atomic E-state index is 0.158. The van der Waals surface area contributed by atoms with Gasteiger partial charge in [0.25, 0.3) is 0 Å². The normalized spacial score (nSPS) is 11.1. The predicted molar refractivity (Wildman–Crippen MR) is 79.8 cm³/mol. The second-order valence-corrected chi connectivity index (χ2v) is 5.88. The van der Waals surface area contributed by atoms with E-state index in [0.29, 0.717) is 5.75 Å². The third-order valence-corrected chi connectivity index (χ3v) is 3.47. The van der Waals surface area contributed by atoms with Gasteiger partial charge in [-0.3, -0.25) is 9.59 Å². The Hall–Kier alpha value is -1.36. The summed E-state index contributed by atoms with van der Waals surface area (Å²) < 4.78 is 11.3. The highest BCUT2D eigenvalue weighted by Gasteiger charge is 2.37. The van der Waals surface area contributed by atoms with Crippen LogP contribution in [-0.4, -0.2) is 25.0 Å². The third kappa shape index (κ3) is 4.07. The van der Waals surface area contributed by atoms with Crippen LogP contribution in [0.1, 0.15) is 26.3 Å². The van der Waals surface area contributed by atoms with Crippen molar-refractivity contribution in [3.05, 3.63) is 28.2 Å². The molecule has 0 bridgehead atoms. The highest BCUT2D eigenvalue weighted by molar-refractivity contribution is 9.10. The highest BCUT2D eigenvalue weighted by Crippen LogP contribution is 2.24. The fourth-order valence-electron chi connectivity index (χ4n) is 1.52. The van der Waals surface area contributed by atoms with Gasteiger partial charge in [0.1, 0.15) is 17.8 Å². The molecule has 0 atom stereocenters. The van der Waals surface area contributed by atoms with Crippen LogP contribution < -0.4 is 4.74 Å². The molecule has 20 heavy (non-hydrogen) atoms. The molecule has 0 saturated carbocycles. The molecule has 1 rings (SSSR count). The van der Waals surface area contributed by atoms with Gasteiger partial charge in [-0.2, -0.15) is 0 Å². The van der Waals surface area contributed by atoms with Gasteiger partial charge < -0.3 is 9.47 Å². The van der Waals surface area contributed by atoms with Crippen LogP contribution in [0.5, 0.6) is 5.75 Å². The van der Waals surface area contributed by atoms with E-state index < -0.39 is 11.4 Å². The first-order valence-corrected chi connectivity index (χ1v) is 7.17. The van der Waals surface area contributed by atoms with Crippen molar-refractivity contribution in [2.24, 2.45) is 5.41 Å². The molecule has 0 aliphatic carbocycles. The zero-order valence-corrected chi connectivity index (χ0v) is 13.7. The van der Waals surface area contributed by atoms with Crippen LogP contribution in [0.25, 0.3) is 0 Å². The number of hydrogen-bond donors (Lipinski definition) is 0. The van der Waals surface area contributed by atoms with Gasteiger partial charge in [0, 0.05) is 4.47 Å². The van der Waals surface area contributed by atoms with Crippen LogP contribution in [-0.2, 0) is 14.3 Å². The molecule has 0 N–H and O–H groups in total. The largest absolute Gasteiger partial charge is 0.486 e. The molecule has 0 amide bonds. The number of halogens is 1. The second-order valence-electron chi connectivity index (χ2n) is 4.97. The van der Waals surface area contributed by atoms with E-state index in [4.69, 9.17) is 9.47 Å². The number of benzene rings is 1. The SMILES string of the molecule is CCOC(=O)C(C)(C)C(=O)COc1ccc(Br)cc1C. The first kappa shape index (κ1) is 16.7. The summed E-state index contributed by atoms with van der Waals surface area (Å²) in [5.41, 5.74) is -0.277. The molecule has 0 fully saturated rings. The van der Waals surface area contributed by atoms with Crippen LogP contribution in [0.4, 0.5) is 0 Å².